The summed E-state index contributed by atoms with van der Waals surface area (Å²) >= 11 is 6.49. The fourth-order valence-corrected chi connectivity index (χ4v) is 3.78. The van der Waals surface area contributed by atoms with Crippen LogP contribution in [0.5, 0.6) is 0 Å². The van der Waals surface area contributed by atoms with Crippen molar-refractivity contribution in [3.05, 3.63) is 105 Å². The quantitative estimate of drug-likeness (QED) is 0.525. The van der Waals surface area contributed by atoms with E-state index in [-0.39, 0.29) is 17.4 Å². The Bertz CT molecular complexity index is 1240. The Kier molecular flexibility index (Phi) is 5.23. The summed E-state index contributed by atoms with van der Waals surface area (Å²) in [7, 11) is 1.65. The van der Waals surface area contributed by atoms with Crippen LogP contribution in [-0.4, -0.2) is 22.0 Å². The average Bonchev–Trinajstić information content (AvgIpc) is 3.15. The van der Waals surface area contributed by atoms with Crippen molar-refractivity contribution in [1.29, 1.82) is 0 Å². The van der Waals surface area contributed by atoms with Crippen molar-refractivity contribution < 1.29 is 4.79 Å². The van der Waals surface area contributed by atoms with Gasteiger partial charge in [-0.1, -0.05) is 48.0 Å². The minimum Gasteiger partial charge on any atom is -0.361 e. The molecule has 6 heteroatoms. The Hall–Kier alpha value is -3.31. The SMILES string of the molecule is Cn1ccc(C(=O)NCC(c2ccccc2Cl)c2c[nH]c3ccccc23)cc1=O. The summed E-state index contributed by atoms with van der Waals surface area (Å²) in [6.45, 7) is 0.347. The van der Waals surface area contributed by atoms with Crippen LogP contribution in [0.2, 0.25) is 5.02 Å². The Labute approximate surface area is 173 Å². The molecule has 2 heterocycles. The van der Waals surface area contributed by atoms with Gasteiger partial charge < -0.3 is 14.9 Å². The van der Waals surface area contributed by atoms with E-state index in [9.17, 15) is 9.59 Å². The minimum absolute atomic E-state index is 0.143. The topological polar surface area (TPSA) is 66.9 Å². The number of hydrogen-bond acceptors (Lipinski definition) is 2. The number of aromatic amines is 1. The van der Waals surface area contributed by atoms with E-state index in [1.165, 1.54) is 10.6 Å². The number of H-pyrrole nitrogens is 1. The van der Waals surface area contributed by atoms with Gasteiger partial charge in [-0.25, -0.2) is 0 Å². The Balaban J connectivity index is 1.68. The third kappa shape index (κ3) is 3.82. The van der Waals surface area contributed by atoms with Crippen LogP contribution in [0.1, 0.15) is 27.4 Å². The van der Waals surface area contributed by atoms with Crippen LogP contribution in [0.3, 0.4) is 0 Å². The van der Waals surface area contributed by atoms with Crippen LogP contribution < -0.4 is 10.9 Å². The first-order chi connectivity index (χ1) is 14.0. The van der Waals surface area contributed by atoms with Crippen molar-refractivity contribution in [2.24, 2.45) is 7.05 Å². The highest BCUT2D eigenvalue weighted by molar-refractivity contribution is 6.31. The van der Waals surface area contributed by atoms with Crippen molar-refractivity contribution in [2.75, 3.05) is 6.54 Å². The second-order valence-corrected chi connectivity index (χ2v) is 7.35. The number of carbonyl (C=O) groups excluding carboxylic acids is 1. The summed E-state index contributed by atoms with van der Waals surface area (Å²) in [5, 5.41) is 4.69. The molecule has 2 aromatic carbocycles. The molecular formula is C23H20ClN3O2. The molecule has 0 bridgehead atoms. The van der Waals surface area contributed by atoms with Gasteiger partial charge in [-0.3, -0.25) is 9.59 Å². The summed E-state index contributed by atoms with van der Waals surface area (Å²) in [5.74, 6) is -0.435. The van der Waals surface area contributed by atoms with Gasteiger partial charge in [0.25, 0.3) is 11.5 Å². The van der Waals surface area contributed by atoms with Crippen molar-refractivity contribution in [3.8, 4) is 0 Å². The molecule has 1 unspecified atom stereocenters. The summed E-state index contributed by atoms with van der Waals surface area (Å²) in [4.78, 5) is 27.8. The van der Waals surface area contributed by atoms with E-state index in [1.54, 1.807) is 19.3 Å². The molecule has 0 saturated heterocycles. The van der Waals surface area contributed by atoms with Crippen LogP contribution in [-0.2, 0) is 7.05 Å². The standard InChI is InChI=1S/C23H20ClN3O2/c1-27-11-10-15(12-22(27)28)23(29)26-14-18(16-6-2-4-8-20(16)24)19-13-25-21-9-5-3-7-17(19)21/h2-13,18,25H,14H2,1H3,(H,26,29). The van der Waals surface area contributed by atoms with Gasteiger partial charge in [-0.2, -0.15) is 0 Å². The number of para-hydroxylation sites is 1. The molecule has 0 fully saturated rings. The number of rotatable bonds is 5. The van der Waals surface area contributed by atoms with E-state index in [0.29, 0.717) is 17.1 Å². The molecule has 0 radical (unpaired) electrons. The first-order valence-corrected chi connectivity index (χ1v) is 9.67. The number of nitrogens with zero attached hydrogens (tertiary/aromatic N) is 1. The van der Waals surface area contributed by atoms with Crippen LogP contribution in [0.25, 0.3) is 10.9 Å². The third-order valence-corrected chi connectivity index (χ3v) is 5.45. The highest BCUT2D eigenvalue weighted by Crippen LogP contribution is 2.34. The molecule has 0 aliphatic heterocycles. The van der Waals surface area contributed by atoms with E-state index in [2.05, 4.69) is 10.3 Å². The first kappa shape index (κ1) is 19.0. The first-order valence-electron chi connectivity index (χ1n) is 9.30. The zero-order valence-corrected chi connectivity index (χ0v) is 16.6. The van der Waals surface area contributed by atoms with Gasteiger partial charge in [-0.05, 0) is 29.3 Å². The maximum Gasteiger partial charge on any atom is 0.251 e. The Morgan fingerprint density at radius 2 is 1.86 bits per heavy atom. The third-order valence-electron chi connectivity index (χ3n) is 5.11. The molecule has 5 nitrogen and oxygen atoms in total. The second kappa shape index (κ2) is 7.97. The lowest BCUT2D eigenvalue weighted by atomic mass is 9.90. The van der Waals surface area contributed by atoms with Gasteiger partial charge in [0.15, 0.2) is 0 Å². The Morgan fingerprint density at radius 1 is 1.10 bits per heavy atom. The molecular weight excluding hydrogens is 386 g/mol. The molecule has 1 amide bonds. The second-order valence-electron chi connectivity index (χ2n) is 6.94. The molecule has 0 spiro atoms. The van der Waals surface area contributed by atoms with Gasteiger partial charge in [0.05, 0.1) is 0 Å². The number of hydrogen-bond donors (Lipinski definition) is 2. The fraction of sp³-hybridized carbons (Fsp3) is 0.130. The lowest BCUT2D eigenvalue weighted by Crippen LogP contribution is -2.30. The minimum atomic E-state index is -0.292. The zero-order chi connectivity index (χ0) is 20.4. The number of halogens is 1. The molecule has 1 atom stereocenters. The van der Waals surface area contributed by atoms with Crippen LogP contribution in [0, 0.1) is 0 Å². The number of aryl methyl sites for hydroxylation is 1. The van der Waals surface area contributed by atoms with E-state index >= 15 is 0 Å². The smallest absolute Gasteiger partial charge is 0.251 e. The number of carbonyl (C=O) groups is 1. The largest absolute Gasteiger partial charge is 0.361 e. The molecule has 0 aliphatic carbocycles. The van der Waals surface area contributed by atoms with E-state index < -0.39 is 0 Å². The van der Waals surface area contributed by atoms with Crippen LogP contribution in [0.15, 0.2) is 77.9 Å². The van der Waals surface area contributed by atoms with E-state index in [0.717, 1.165) is 22.0 Å². The molecule has 2 aromatic heterocycles. The number of pyridine rings is 1. The van der Waals surface area contributed by atoms with Gasteiger partial charge in [0.1, 0.15) is 0 Å². The predicted molar refractivity (Wildman–Crippen MR) is 116 cm³/mol. The fourth-order valence-electron chi connectivity index (χ4n) is 3.51. The molecule has 4 rings (SSSR count). The van der Waals surface area contributed by atoms with Crippen molar-refractivity contribution in [1.82, 2.24) is 14.9 Å². The molecule has 146 valence electrons. The number of amides is 1. The highest BCUT2D eigenvalue weighted by atomic mass is 35.5. The number of benzene rings is 2. The summed E-state index contributed by atoms with van der Waals surface area (Å²) in [6.07, 6.45) is 3.55. The molecule has 4 aromatic rings. The van der Waals surface area contributed by atoms with Crippen molar-refractivity contribution in [2.45, 2.75) is 5.92 Å². The van der Waals surface area contributed by atoms with Gasteiger partial charge >= 0.3 is 0 Å². The van der Waals surface area contributed by atoms with Crippen molar-refractivity contribution >= 4 is 28.4 Å². The van der Waals surface area contributed by atoms with Crippen molar-refractivity contribution in [3.63, 3.8) is 0 Å². The summed E-state index contributed by atoms with van der Waals surface area (Å²) in [6, 6.07) is 18.6. The molecule has 29 heavy (non-hydrogen) atoms. The number of fused-ring (bicyclic) bond motifs is 1. The normalized spacial score (nSPS) is 12.1. The van der Waals surface area contributed by atoms with Crippen LogP contribution in [0.4, 0.5) is 0 Å². The maximum absolute atomic E-state index is 12.7. The van der Waals surface area contributed by atoms with Gasteiger partial charge in [0, 0.05) is 59.5 Å². The maximum atomic E-state index is 12.7. The molecule has 2 N–H and O–H groups in total. The van der Waals surface area contributed by atoms with Crippen LogP contribution >= 0.6 is 11.6 Å². The monoisotopic (exact) mass is 405 g/mol. The zero-order valence-electron chi connectivity index (χ0n) is 15.9. The van der Waals surface area contributed by atoms with Gasteiger partial charge in [-0.15, -0.1) is 0 Å². The number of aromatic nitrogens is 2. The predicted octanol–water partition coefficient (Wildman–Crippen LogP) is 4.08. The Morgan fingerprint density at radius 3 is 2.66 bits per heavy atom. The summed E-state index contributed by atoms with van der Waals surface area (Å²) < 4.78 is 1.43. The van der Waals surface area contributed by atoms with E-state index in [4.69, 9.17) is 11.6 Å². The van der Waals surface area contributed by atoms with E-state index in [1.807, 2.05) is 54.7 Å². The summed E-state index contributed by atoms with van der Waals surface area (Å²) in [5.41, 5.74) is 3.13. The van der Waals surface area contributed by atoms with Gasteiger partial charge in [0.2, 0.25) is 0 Å². The highest BCUT2D eigenvalue weighted by Gasteiger charge is 2.21. The lowest BCUT2D eigenvalue weighted by Gasteiger charge is -2.19. The lowest BCUT2D eigenvalue weighted by molar-refractivity contribution is 0.0952. The average molecular weight is 406 g/mol. The number of nitrogens with one attached hydrogen (secondary N) is 2. The molecule has 0 aliphatic rings. The molecule has 0 saturated carbocycles.